The number of non-ortho nitro benzene ring substituents is 2. The smallest absolute Gasteiger partial charge is 0.271 e. The number of hydrogen-bond acceptors (Lipinski definition) is 8. The quantitative estimate of drug-likeness (QED) is 0.170. The normalized spacial score (nSPS) is 15.5. The molecule has 10 nitrogen and oxygen atoms in total. The van der Waals surface area contributed by atoms with Crippen molar-refractivity contribution in [3.05, 3.63) is 170 Å². The van der Waals surface area contributed by atoms with Gasteiger partial charge in [0.1, 0.15) is 12.4 Å². The zero-order chi connectivity index (χ0) is 31.1. The predicted octanol–water partition coefficient (Wildman–Crippen LogP) is 5.71. The van der Waals surface area contributed by atoms with Gasteiger partial charge in [-0.3, -0.25) is 29.6 Å². The van der Waals surface area contributed by atoms with E-state index in [1.165, 1.54) is 35.1 Å². The van der Waals surface area contributed by atoms with E-state index < -0.39 is 15.9 Å². The molecule has 1 aliphatic carbocycles. The molecule has 5 aromatic rings. The van der Waals surface area contributed by atoms with E-state index >= 15 is 0 Å². The number of aryl methyl sites for hydroxylation is 1. The fourth-order valence-corrected chi connectivity index (χ4v) is 6.82. The number of hydrogen-bond donors (Lipinski definition) is 0. The second-order valence-corrected chi connectivity index (χ2v) is 11.8. The summed E-state index contributed by atoms with van der Waals surface area (Å²) in [6.07, 6.45) is 3.29. The molecular formula is C34H24N4O6S. The largest absolute Gasteiger partial charge is 0.489 e. The first-order valence-electron chi connectivity index (χ1n) is 14.2. The molecule has 0 radical (unpaired) electrons. The lowest BCUT2D eigenvalue weighted by Crippen LogP contribution is -2.38. The van der Waals surface area contributed by atoms with Crippen molar-refractivity contribution < 1.29 is 14.6 Å². The Morgan fingerprint density at radius 3 is 2.40 bits per heavy atom. The van der Waals surface area contributed by atoms with Gasteiger partial charge in [0.15, 0.2) is 4.80 Å². The Balaban J connectivity index is 1.24. The molecule has 1 atom stereocenters. The summed E-state index contributed by atoms with van der Waals surface area (Å²) in [5, 5.41) is 22.5. The molecule has 0 unspecified atom stereocenters. The van der Waals surface area contributed by atoms with Crippen LogP contribution in [0.25, 0.3) is 11.8 Å². The summed E-state index contributed by atoms with van der Waals surface area (Å²) in [6.45, 7) is 0.251. The van der Waals surface area contributed by atoms with Crippen LogP contribution in [0.2, 0.25) is 0 Å². The monoisotopic (exact) mass is 616 g/mol. The van der Waals surface area contributed by atoms with Crippen LogP contribution in [0.3, 0.4) is 0 Å². The zero-order valence-corrected chi connectivity index (χ0v) is 24.5. The summed E-state index contributed by atoms with van der Waals surface area (Å²) in [5.41, 5.74) is 6.07. The van der Waals surface area contributed by atoms with Gasteiger partial charge in [-0.25, -0.2) is 4.99 Å². The minimum atomic E-state index is -0.512. The van der Waals surface area contributed by atoms with Crippen LogP contribution in [0.15, 0.2) is 112 Å². The molecule has 7 rings (SSSR count). The lowest BCUT2D eigenvalue weighted by atomic mass is 9.83. The van der Waals surface area contributed by atoms with Gasteiger partial charge in [-0.15, -0.1) is 0 Å². The average molecular weight is 617 g/mol. The maximum Gasteiger partial charge on any atom is 0.271 e. The van der Waals surface area contributed by atoms with Gasteiger partial charge in [-0.2, -0.15) is 0 Å². The number of rotatable bonds is 7. The highest BCUT2D eigenvalue weighted by Crippen LogP contribution is 2.41. The molecule has 0 spiro atoms. The minimum absolute atomic E-state index is 0.0229. The fourth-order valence-electron chi connectivity index (χ4n) is 5.82. The van der Waals surface area contributed by atoms with Crippen LogP contribution in [-0.2, 0) is 13.0 Å². The summed E-state index contributed by atoms with van der Waals surface area (Å²) < 4.78 is 8.01. The zero-order valence-electron chi connectivity index (χ0n) is 23.7. The second-order valence-electron chi connectivity index (χ2n) is 10.7. The highest BCUT2D eigenvalue weighted by atomic mass is 32.1. The third-order valence-electron chi connectivity index (χ3n) is 8.00. The highest BCUT2D eigenvalue weighted by Gasteiger charge is 2.33. The third kappa shape index (κ3) is 5.34. The molecule has 0 saturated heterocycles. The number of nitrogens with zero attached hydrogens (tertiary/aromatic N) is 4. The first-order chi connectivity index (χ1) is 21.9. The topological polar surface area (TPSA) is 130 Å². The number of benzene rings is 4. The molecule has 0 fully saturated rings. The Hall–Kier alpha value is -5.68. The van der Waals surface area contributed by atoms with Crippen LogP contribution in [0, 0.1) is 20.2 Å². The van der Waals surface area contributed by atoms with Crippen LogP contribution in [0.1, 0.15) is 40.3 Å². The number of nitro groups is 2. The SMILES string of the molecule is O=c1/c(=C\c2ccc(OCc3ccc([N+](=O)[O-])cc3)cc2)sc2n1[C@@H](c1cccc([N+](=O)[O-])c1)C1=C(N=2)c2ccccc2CC1. The summed E-state index contributed by atoms with van der Waals surface area (Å²) in [4.78, 5) is 41.2. The number of aromatic nitrogens is 1. The standard InChI is InChI=1S/C34H24N4O6S/c39-33-30(18-21-10-15-27(16-11-21)44-20-22-8-13-25(14-9-22)37(40)41)45-34-35-31-28-7-2-1-4-23(28)12-17-29(31)32(36(33)34)24-5-3-6-26(19-24)38(42)43/h1-11,13-16,18-19,32H,12,17,20H2/b30-18+/t32-/m0/s1. The van der Waals surface area contributed by atoms with E-state index in [0.717, 1.165) is 34.4 Å². The maximum absolute atomic E-state index is 14.0. The molecule has 45 heavy (non-hydrogen) atoms. The van der Waals surface area contributed by atoms with Gasteiger partial charge in [0.2, 0.25) is 0 Å². The fraction of sp³-hybridized carbons (Fsp3) is 0.118. The molecule has 222 valence electrons. The van der Waals surface area contributed by atoms with Gasteiger partial charge < -0.3 is 4.74 Å². The average Bonchev–Trinajstić information content (AvgIpc) is 3.37. The molecule has 0 amide bonds. The van der Waals surface area contributed by atoms with Crippen molar-refractivity contribution in [3.8, 4) is 5.75 Å². The molecule has 4 aromatic carbocycles. The number of thiazole rings is 1. The highest BCUT2D eigenvalue weighted by molar-refractivity contribution is 7.07. The van der Waals surface area contributed by atoms with Gasteiger partial charge in [-0.05, 0) is 71.0 Å². The molecule has 1 aliphatic heterocycles. The Morgan fingerprint density at radius 2 is 1.64 bits per heavy atom. The van der Waals surface area contributed by atoms with Gasteiger partial charge in [0.25, 0.3) is 16.9 Å². The van der Waals surface area contributed by atoms with E-state index in [2.05, 4.69) is 6.07 Å². The molecule has 0 bridgehead atoms. The van der Waals surface area contributed by atoms with Crippen molar-refractivity contribution in [1.29, 1.82) is 0 Å². The first-order valence-corrected chi connectivity index (χ1v) is 15.0. The third-order valence-corrected chi connectivity index (χ3v) is 8.98. The molecule has 11 heteroatoms. The van der Waals surface area contributed by atoms with Crippen LogP contribution in [-0.4, -0.2) is 14.4 Å². The Kier molecular flexibility index (Phi) is 7.14. The first kappa shape index (κ1) is 28.1. The van der Waals surface area contributed by atoms with Crippen LogP contribution in [0.4, 0.5) is 11.4 Å². The van der Waals surface area contributed by atoms with E-state index in [4.69, 9.17) is 9.73 Å². The number of fused-ring (bicyclic) bond motifs is 3. The summed E-state index contributed by atoms with van der Waals surface area (Å²) >= 11 is 1.29. The van der Waals surface area contributed by atoms with Crippen molar-refractivity contribution in [2.24, 2.45) is 4.99 Å². The Labute approximate surface area is 259 Å². The lowest BCUT2D eigenvalue weighted by molar-refractivity contribution is -0.385. The maximum atomic E-state index is 14.0. The van der Waals surface area contributed by atoms with Crippen LogP contribution >= 0.6 is 11.3 Å². The van der Waals surface area contributed by atoms with Crippen molar-refractivity contribution in [2.75, 3.05) is 0 Å². The lowest BCUT2D eigenvalue weighted by Gasteiger charge is -2.30. The van der Waals surface area contributed by atoms with Gasteiger partial charge in [0.05, 0.1) is 26.1 Å². The minimum Gasteiger partial charge on any atom is -0.489 e. The van der Waals surface area contributed by atoms with Crippen molar-refractivity contribution in [3.63, 3.8) is 0 Å². The Morgan fingerprint density at radius 1 is 0.889 bits per heavy atom. The molecule has 1 aromatic heterocycles. The molecule has 0 saturated carbocycles. The van der Waals surface area contributed by atoms with E-state index in [9.17, 15) is 25.0 Å². The van der Waals surface area contributed by atoms with Gasteiger partial charge in [0, 0.05) is 29.8 Å². The van der Waals surface area contributed by atoms with Crippen LogP contribution < -0.4 is 19.6 Å². The number of allylic oxidation sites excluding steroid dienone is 1. The molecule has 0 N–H and O–H groups in total. The van der Waals surface area contributed by atoms with Crippen molar-refractivity contribution in [1.82, 2.24) is 4.57 Å². The predicted molar refractivity (Wildman–Crippen MR) is 170 cm³/mol. The van der Waals surface area contributed by atoms with E-state index in [-0.39, 0.29) is 23.5 Å². The molecule has 2 heterocycles. The molecular weight excluding hydrogens is 592 g/mol. The summed E-state index contributed by atoms with van der Waals surface area (Å²) in [5.74, 6) is 0.615. The van der Waals surface area contributed by atoms with Crippen molar-refractivity contribution in [2.45, 2.75) is 25.5 Å². The summed E-state index contributed by atoms with van der Waals surface area (Å²) in [7, 11) is 0. The van der Waals surface area contributed by atoms with Crippen LogP contribution in [0.5, 0.6) is 5.75 Å². The number of nitro benzene ring substituents is 2. The molecule has 2 aliphatic rings. The van der Waals surface area contributed by atoms with Gasteiger partial charge in [-0.1, -0.05) is 59.9 Å². The van der Waals surface area contributed by atoms with Crippen molar-refractivity contribution >= 4 is 34.5 Å². The van der Waals surface area contributed by atoms with E-state index in [1.807, 2.05) is 42.5 Å². The summed E-state index contributed by atoms with van der Waals surface area (Å²) in [6, 6.07) is 27.6. The second kappa shape index (κ2) is 11.4. The Bertz CT molecular complexity index is 2200. The van der Waals surface area contributed by atoms with E-state index in [0.29, 0.717) is 27.1 Å². The number of ether oxygens (including phenoxy) is 1. The van der Waals surface area contributed by atoms with E-state index in [1.54, 1.807) is 41.0 Å². The van der Waals surface area contributed by atoms with Gasteiger partial charge >= 0.3 is 0 Å².